The van der Waals surface area contributed by atoms with Gasteiger partial charge in [0.2, 0.25) is 20.0 Å². The van der Waals surface area contributed by atoms with E-state index in [1.54, 1.807) is 43.4 Å². The van der Waals surface area contributed by atoms with Gasteiger partial charge in [0.1, 0.15) is 13.1 Å². The second-order valence-electron chi connectivity index (χ2n) is 12.5. The Balaban J connectivity index is 1.44. The van der Waals surface area contributed by atoms with E-state index in [1.165, 1.54) is 12.1 Å². The fourth-order valence-corrected chi connectivity index (χ4v) is 9.32. The van der Waals surface area contributed by atoms with Gasteiger partial charge in [-0.05, 0) is 57.2 Å². The van der Waals surface area contributed by atoms with Crippen molar-refractivity contribution >= 4 is 64.9 Å². The van der Waals surface area contributed by atoms with E-state index in [4.69, 9.17) is 0 Å². The summed E-state index contributed by atoms with van der Waals surface area (Å²) in [6.45, 7) is -0.761. The summed E-state index contributed by atoms with van der Waals surface area (Å²) in [5.41, 5.74) is 1.66. The number of rotatable bonds is 18. The molecule has 15 heteroatoms. The predicted octanol–water partition coefficient (Wildman–Crippen LogP) is 3.69. The van der Waals surface area contributed by atoms with E-state index in [0.29, 0.717) is 36.7 Å². The second kappa shape index (κ2) is 16.2. The van der Waals surface area contributed by atoms with Gasteiger partial charge < -0.3 is 24.9 Å². The van der Waals surface area contributed by atoms with Gasteiger partial charge in [-0.15, -0.1) is 0 Å². The molecule has 0 atom stereocenters. The van der Waals surface area contributed by atoms with Gasteiger partial charge in [0.25, 0.3) is 0 Å². The van der Waals surface area contributed by atoms with Crippen molar-refractivity contribution in [3.05, 3.63) is 72.8 Å². The first-order valence-corrected chi connectivity index (χ1v) is 18.9. The molecule has 0 aliphatic heterocycles. The highest BCUT2D eigenvalue weighted by Gasteiger charge is 2.30. The van der Waals surface area contributed by atoms with Crippen LogP contribution in [0.25, 0.3) is 21.5 Å². The zero-order chi connectivity index (χ0) is 36.8. The Morgan fingerprint density at radius 1 is 0.520 bits per heavy atom. The molecule has 2 N–H and O–H groups in total. The van der Waals surface area contributed by atoms with Crippen LogP contribution in [0, 0.1) is 0 Å². The van der Waals surface area contributed by atoms with Crippen LogP contribution >= 0.6 is 0 Å². The Bertz CT molecular complexity index is 1920. The van der Waals surface area contributed by atoms with Gasteiger partial charge in [-0.3, -0.25) is 9.59 Å². The normalized spacial score (nSPS) is 12.3. The Morgan fingerprint density at radius 3 is 1.20 bits per heavy atom. The molecular formula is C35H45N5O8S2. The number of hydrogen-bond acceptors (Lipinski definition) is 9. The summed E-state index contributed by atoms with van der Waals surface area (Å²) in [5.74, 6) is -2.56. The molecule has 4 aromatic rings. The van der Waals surface area contributed by atoms with Gasteiger partial charge in [0.05, 0.1) is 9.79 Å². The first-order valence-electron chi connectivity index (χ1n) is 16.1. The summed E-state index contributed by atoms with van der Waals surface area (Å²) in [4.78, 5) is 29.2. The molecule has 0 aromatic heterocycles. The van der Waals surface area contributed by atoms with Crippen LogP contribution in [0.1, 0.15) is 12.8 Å². The van der Waals surface area contributed by atoms with Crippen LogP contribution in [-0.2, 0) is 29.6 Å². The second-order valence-corrected chi connectivity index (χ2v) is 16.3. The van der Waals surface area contributed by atoms with Crippen molar-refractivity contribution < 1.29 is 36.6 Å². The van der Waals surface area contributed by atoms with Gasteiger partial charge in [-0.2, -0.15) is 8.61 Å². The number of sulfonamides is 2. The number of hydrogen-bond donors (Lipinski definition) is 2. The number of carboxylic acids is 2. The molecule has 0 spiro atoms. The van der Waals surface area contributed by atoms with E-state index in [-0.39, 0.29) is 22.9 Å². The largest absolute Gasteiger partial charge is 0.480 e. The first kappa shape index (κ1) is 38.5. The number of benzene rings is 4. The predicted molar refractivity (Wildman–Crippen MR) is 196 cm³/mol. The summed E-state index contributed by atoms with van der Waals surface area (Å²) in [5, 5.41) is 21.6. The molecule has 0 radical (unpaired) electrons. The summed E-state index contributed by atoms with van der Waals surface area (Å²) >= 11 is 0. The highest BCUT2D eigenvalue weighted by atomic mass is 32.2. The quantitative estimate of drug-likeness (QED) is 0.154. The zero-order valence-corrected chi connectivity index (χ0v) is 30.6. The highest BCUT2D eigenvalue weighted by Crippen LogP contribution is 2.33. The summed E-state index contributed by atoms with van der Waals surface area (Å²) in [6.07, 6.45) is 0.607. The monoisotopic (exact) mass is 727 g/mol. The molecule has 270 valence electrons. The molecule has 0 saturated heterocycles. The lowest BCUT2D eigenvalue weighted by atomic mass is 10.1. The van der Waals surface area contributed by atoms with E-state index in [1.807, 2.05) is 67.2 Å². The molecule has 0 bridgehead atoms. The standard InChI is InChI=1S/C35H45N5O8S2/c1-36(2)30-16-6-14-28-26(30)12-8-18-32(28)49(45,46)39(24-34(41)42)22-10-20-38(5)21-11-23-40(25-35(43)44)50(47,48)33-19-9-13-27-29(33)15-7-17-31(27)37(3)4/h6-9,12-19H,10-11,20-25H2,1-5H3,(H,41,42)(H,43,44). The van der Waals surface area contributed by atoms with E-state index < -0.39 is 45.1 Å². The Labute approximate surface area is 294 Å². The molecule has 0 aliphatic rings. The van der Waals surface area contributed by atoms with Crippen LogP contribution in [0.2, 0.25) is 0 Å². The van der Waals surface area contributed by atoms with Crippen molar-refractivity contribution in [1.82, 2.24) is 13.5 Å². The van der Waals surface area contributed by atoms with Crippen LogP contribution in [-0.4, -0.2) is 127 Å². The molecule has 0 fully saturated rings. The van der Waals surface area contributed by atoms with E-state index in [0.717, 1.165) is 30.8 Å². The lowest BCUT2D eigenvalue weighted by molar-refractivity contribution is -0.138. The van der Waals surface area contributed by atoms with Crippen molar-refractivity contribution in [2.24, 2.45) is 0 Å². The highest BCUT2D eigenvalue weighted by molar-refractivity contribution is 7.89. The number of anilines is 2. The average Bonchev–Trinajstić information content (AvgIpc) is 3.05. The van der Waals surface area contributed by atoms with Crippen molar-refractivity contribution in [3.8, 4) is 0 Å². The maximum Gasteiger partial charge on any atom is 0.318 e. The fraction of sp³-hybridized carbons (Fsp3) is 0.371. The lowest BCUT2D eigenvalue weighted by Crippen LogP contribution is -2.39. The van der Waals surface area contributed by atoms with Crippen molar-refractivity contribution in [3.63, 3.8) is 0 Å². The molecule has 4 rings (SSSR count). The van der Waals surface area contributed by atoms with E-state index in [9.17, 15) is 36.6 Å². The molecule has 0 unspecified atom stereocenters. The van der Waals surface area contributed by atoms with Crippen molar-refractivity contribution in [2.75, 3.05) is 84.3 Å². The minimum atomic E-state index is -4.19. The minimum Gasteiger partial charge on any atom is -0.480 e. The number of nitrogens with zero attached hydrogens (tertiary/aromatic N) is 5. The average molecular weight is 728 g/mol. The summed E-state index contributed by atoms with van der Waals surface area (Å²) in [6, 6.07) is 20.6. The third-order valence-corrected chi connectivity index (χ3v) is 12.2. The van der Waals surface area contributed by atoms with Gasteiger partial charge in [0, 0.05) is 74.2 Å². The third kappa shape index (κ3) is 8.71. The van der Waals surface area contributed by atoms with Gasteiger partial charge in [-0.1, -0.05) is 48.5 Å². The molecule has 0 aliphatic carbocycles. The summed E-state index contributed by atoms with van der Waals surface area (Å²) in [7, 11) is 0.850. The van der Waals surface area contributed by atoms with Gasteiger partial charge in [0.15, 0.2) is 0 Å². The number of fused-ring (bicyclic) bond motifs is 2. The first-order chi connectivity index (χ1) is 23.5. The topological polar surface area (TPSA) is 159 Å². The lowest BCUT2D eigenvalue weighted by Gasteiger charge is -2.25. The maximum atomic E-state index is 13.8. The number of carbonyl (C=O) groups is 2. The summed E-state index contributed by atoms with van der Waals surface area (Å²) < 4.78 is 57.3. The van der Waals surface area contributed by atoms with Crippen LogP contribution < -0.4 is 9.80 Å². The molecule has 50 heavy (non-hydrogen) atoms. The maximum absolute atomic E-state index is 13.8. The Kier molecular flexibility index (Phi) is 12.5. The van der Waals surface area contributed by atoms with Crippen LogP contribution in [0.3, 0.4) is 0 Å². The van der Waals surface area contributed by atoms with Crippen molar-refractivity contribution in [1.29, 1.82) is 0 Å². The fourth-order valence-electron chi connectivity index (χ4n) is 6.05. The van der Waals surface area contributed by atoms with Crippen LogP contribution in [0.5, 0.6) is 0 Å². The van der Waals surface area contributed by atoms with Crippen LogP contribution in [0.4, 0.5) is 11.4 Å². The third-order valence-electron chi connectivity index (χ3n) is 8.44. The molecule has 0 amide bonds. The molecule has 4 aromatic carbocycles. The molecule has 0 saturated carbocycles. The SMILES string of the molecule is CN(CCCN(CC(=O)O)S(=O)(=O)c1cccc2c(N(C)C)cccc12)CCCN(CC(=O)O)S(=O)(=O)c1cccc2c(N(C)C)cccc12. The van der Waals surface area contributed by atoms with Gasteiger partial charge >= 0.3 is 11.9 Å². The number of aliphatic carboxylic acids is 2. The van der Waals surface area contributed by atoms with Crippen LogP contribution in [0.15, 0.2) is 82.6 Å². The smallest absolute Gasteiger partial charge is 0.318 e. The Morgan fingerprint density at radius 2 is 0.860 bits per heavy atom. The molecule has 13 nitrogen and oxygen atoms in total. The molecular weight excluding hydrogens is 683 g/mol. The van der Waals surface area contributed by atoms with E-state index >= 15 is 0 Å². The number of carboxylic acid groups (broad SMARTS) is 2. The molecule has 0 heterocycles. The minimum absolute atomic E-state index is 0.0252. The zero-order valence-electron chi connectivity index (χ0n) is 29.0. The van der Waals surface area contributed by atoms with E-state index in [2.05, 4.69) is 0 Å². The van der Waals surface area contributed by atoms with Gasteiger partial charge in [-0.25, -0.2) is 16.8 Å². The Hall–Kier alpha value is -4.28. The van der Waals surface area contributed by atoms with Crippen molar-refractivity contribution in [2.45, 2.75) is 22.6 Å².